The maximum atomic E-state index is 11.5. The van der Waals surface area contributed by atoms with E-state index in [1.165, 1.54) is 18.4 Å². The molecule has 2 fully saturated rings. The maximum absolute atomic E-state index is 11.5. The number of Topliss-reactive ketones (excluding diaryl/α,β-unsaturated/α-hetero) is 1. The maximum Gasteiger partial charge on any atom is 0.132 e. The summed E-state index contributed by atoms with van der Waals surface area (Å²) >= 11 is 0. The Morgan fingerprint density at radius 2 is 2.00 bits per heavy atom. The van der Waals surface area contributed by atoms with E-state index in [0.29, 0.717) is 17.1 Å². The summed E-state index contributed by atoms with van der Waals surface area (Å²) in [6, 6.07) is 0. The van der Waals surface area contributed by atoms with Gasteiger partial charge in [-0.2, -0.15) is 0 Å². The van der Waals surface area contributed by atoms with Crippen molar-refractivity contribution in [1.29, 1.82) is 0 Å². The summed E-state index contributed by atoms with van der Waals surface area (Å²) in [4.78, 5) is 11.5. The van der Waals surface area contributed by atoms with Crippen LogP contribution in [0, 0.1) is 23.2 Å². The highest BCUT2D eigenvalue weighted by atomic mass is 16.1. The molecule has 0 N–H and O–H groups in total. The van der Waals surface area contributed by atoms with Crippen LogP contribution in [0.1, 0.15) is 52.9 Å². The molecule has 2 aliphatic carbocycles. The van der Waals surface area contributed by atoms with Gasteiger partial charge in [0.1, 0.15) is 5.78 Å². The van der Waals surface area contributed by atoms with E-state index in [0.717, 1.165) is 31.1 Å². The topological polar surface area (TPSA) is 17.1 Å². The van der Waals surface area contributed by atoms with E-state index in [9.17, 15) is 4.79 Å². The summed E-state index contributed by atoms with van der Waals surface area (Å²) in [6.45, 7) is 10.7. The van der Waals surface area contributed by atoms with Crippen LogP contribution in [-0.2, 0) is 4.79 Å². The summed E-state index contributed by atoms with van der Waals surface area (Å²) in [7, 11) is 0. The second-order valence-electron chi connectivity index (χ2n) is 6.49. The van der Waals surface area contributed by atoms with Crippen LogP contribution in [0.2, 0.25) is 0 Å². The fraction of sp³-hybridized carbons (Fsp3) is 0.800. The molecule has 0 radical (unpaired) electrons. The van der Waals surface area contributed by atoms with E-state index < -0.39 is 0 Å². The number of carbonyl (C=O) groups is 1. The van der Waals surface area contributed by atoms with E-state index in [4.69, 9.17) is 0 Å². The molecule has 0 aromatic rings. The number of fused-ring (bicyclic) bond motifs is 1. The van der Waals surface area contributed by atoms with Crippen molar-refractivity contribution in [2.24, 2.45) is 23.2 Å². The first-order valence-electron chi connectivity index (χ1n) is 6.60. The van der Waals surface area contributed by atoms with Gasteiger partial charge in [0.25, 0.3) is 0 Å². The summed E-state index contributed by atoms with van der Waals surface area (Å²) < 4.78 is 0. The van der Waals surface area contributed by atoms with Gasteiger partial charge in [-0.3, -0.25) is 4.79 Å². The number of hydrogen-bond acceptors (Lipinski definition) is 1. The zero-order valence-corrected chi connectivity index (χ0v) is 10.9. The second kappa shape index (κ2) is 4.01. The van der Waals surface area contributed by atoms with Crippen LogP contribution in [0.4, 0.5) is 0 Å². The molecule has 1 nitrogen and oxygen atoms in total. The Balaban J connectivity index is 2.07. The normalized spacial score (nSPS) is 37.9. The van der Waals surface area contributed by atoms with Crippen LogP contribution < -0.4 is 0 Å². The Labute approximate surface area is 99.3 Å². The van der Waals surface area contributed by atoms with Crippen LogP contribution in [0.5, 0.6) is 0 Å². The molecule has 0 bridgehead atoms. The smallest absolute Gasteiger partial charge is 0.132 e. The van der Waals surface area contributed by atoms with Crippen molar-refractivity contribution >= 4 is 5.78 Å². The van der Waals surface area contributed by atoms with Gasteiger partial charge in [0.2, 0.25) is 0 Å². The first-order valence-corrected chi connectivity index (χ1v) is 6.60. The molecular formula is C15H24O. The molecule has 16 heavy (non-hydrogen) atoms. The van der Waals surface area contributed by atoms with Crippen LogP contribution in [0.15, 0.2) is 12.2 Å². The SMILES string of the molecule is C=C1CC[C@@H](C(C)=O)CC[C@@H]2[C@@H]1CC2(C)C. The Kier molecular flexibility index (Phi) is 2.98. The zero-order valence-electron chi connectivity index (χ0n) is 10.9. The molecule has 0 amide bonds. The van der Waals surface area contributed by atoms with Gasteiger partial charge in [-0.15, -0.1) is 0 Å². The van der Waals surface area contributed by atoms with Crippen LogP contribution in [-0.4, -0.2) is 5.78 Å². The molecule has 90 valence electrons. The van der Waals surface area contributed by atoms with Gasteiger partial charge in [-0.1, -0.05) is 26.0 Å². The summed E-state index contributed by atoms with van der Waals surface area (Å²) in [5, 5.41) is 0. The number of hydrogen-bond donors (Lipinski definition) is 0. The third kappa shape index (κ3) is 1.97. The molecule has 2 rings (SSSR count). The van der Waals surface area contributed by atoms with E-state index in [-0.39, 0.29) is 0 Å². The van der Waals surface area contributed by atoms with Gasteiger partial charge in [0.15, 0.2) is 0 Å². The van der Waals surface area contributed by atoms with Crippen molar-refractivity contribution < 1.29 is 4.79 Å². The second-order valence-corrected chi connectivity index (χ2v) is 6.49. The number of ketones is 1. The van der Waals surface area contributed by atoms with Gasteiger partial charge >= 0.3 is 0 Å². The number of carbonyl (C=O) groups excluding carboxylic acids is 1. The highest BCUT2D eigenvalue weighted by Crippen LogP contribution is 2.57. The van der Waals surface area contributed by atoms with Crippen molar-refractivity contribution in [2.75, 3.05) is 0 Å². The zero-order chi connectivity index (χ0) is 11.9. The third-order valence-corrected chi connectivity index (χ3v) is 4.97. The summed E-state index contributed by atoms with van der Waals surface area (Å²) in [5.74, 6) is 2.21. The average molecular weight is 220 g/mol. The minimum atomic E-state index is 0.300. The third-order valence-electron chi connectivity index (χ3n) is 4.97. The molecule has 0 spiro atoms. The highest BCUT2D eigenvalue weighted by Gasteiger charge is 2.48. The first kappa shape index (κ1) is 11.9. The molecule has 0 heterocycles. The van der Waals surface area contributed by atoms with Crippen molar-refractivity contribution in [3.05, 3.63) is 12.2 Å². The lowest BCUT2D eigenvalue weighted by atomic mass is 9.51. The minimum Gasteiger partial charge on any atom is -0.300 e. The van der Waals surface area contributed by atoms with Crippen molar-refractivity contribution in [3.8, 4) is 0 Å². The van der Waals surface area contributed by atoms with Gasteiger partial charge in [-0.25, -0.2) is 0 Å². The molecule has 0 aromatic heterocycles. The molecule has 0 saturated heterocycles. The van der Waals surface area contributed by atoms with Gasteiger partial charge in [-0.05, 0) is 56.3 Å². The largest absolute Gasteiger partial charge is 0.300 e. The number of rotatable bonds is 1. The fourth-order valence-electron chi connectivity index (χ4n) is 3.74. The van der Waals surface area contributed by atoms with Crippen LogP contribution in [0.3, 0.4) is 0 Å². The van der Waals surface area contributed by atoms with Gasteiger partial charge in [0, 0.05) is 5.92 Å². The molecule has 0 unspecified atom stereocenters. The molecule has 0 aliphatic heterocycles. The van der Waals surface area contributed by atoms with Crippen LogP contribution in [0.25, 0.3) is 0 Å². The Bertz CT molecular complexity index is 313. The molecule has 0 aromatic carbocycles. The van der Waals surface area contributed by atoms with Crippen molar-refractivity contribution in [2.45, 2.75) is 52.9 Å². The Morgan fingerprint density at radius 1 is 1.31 bits per heavy atom. The highest BCUT2D eigenvalue weighted by molar-refractivity contribution is 5.78. The van der Waals surface area contributed by atoms with E-state index >= 15 is 0 Å². The predicted octanol–water partition coefficient (Wildman–Crippen LogP) is 3.98. The minimum absolute atomic E-state index is 0.300. The van der Waals surface area contributed by atoms with E-state index in [2.05, 4.69) is 20.4 Å². The van der Waals surface area contributed by atoms with E-state index in [1.54, 1.807) is 6.92 Å². The molecule has 2 saturated carbocycles. The van der Waals surface area contributed by atoms with Crippen molar-refractivity contribution in [3.63, 3.8) is 0 Å². The monoisotopic (exact) mass is 220 g/mol. The molecular weight excluding hydrogens is 196 g/mol. The predicted molar refractivity (Wildman–Crippen MR) is 67.2 cm³/mol. The molecule has 3 atom stereocenters. The standard InChI is InChI=1S/C15H24O/c1-10-5-6-12(11(2)16)7-8-14-13(10)9-15(14,3)4/h12-14H,1,5-9H2,2-4H3/t12-,13-,14-/m1/s1. The Hall–Kier alpha value is -0.590. The lowest BCUT2D eigenvalue weighted by Gasteiger charge is -2.54. The van der Waals surface area contributed by atoms with Crippen LogP contribution >= 0.6 is 0 Å². The van der Waals surface area contributed by atoms with Crippen molar-refractivity contribution in [1.82, 2.24) is 0 Å². The quantitative estimate of drug-likeness (QED) is 0.611. The molecule has 2 aliphatic rings. The first-order chi connectivity index (χ1) is 7.42. The fourth-order valence-corrected chi connectivity index (χ4v) is 3.74. The van der Waals surface area contributed by atoms with E-state index in [1.807, 2.05) is 0 Å². The average Bonchev–Trinajstić information content (AvgIpc) is 2.16. The van der Waals surface area contributed by atoms with Gasteiger partial charge in [0.05, 0.1) is 0 Å². The lowest BCUT2D eigenvalue weighted by Crippen LogP contribution is -2.45. The lowest BCUT2D eigenvalue weighted by molar-refractivity contribution is -0.122. The summed E-state index contributed by atoms with van der Waals surface area (Å²) in [6.07, 6.45) is 5.74. The number of allylic oxidation sites excluding steroid dienone is 1. The summed E-state index contributed by atoms with van der Waals surface area (Å²) in [5.41, 5.74) is 1.89. The van der Waals surface area contributed by atoms with Gasteiger partial charge < -0.3 is 0 Å². The Morgan fingerprint density at radius 3 is 2.56 bits per heavy atom. The molecule has 1 heteroatoms.